The van der Waals surface area contributed by atoms with Gasteiger partial charge in [-0.25, -0.2) is 0 Å². The Hall–Kier alpha value is -4.94. The van der Waals surface area contributed by atoms with Crippen molar-refractivity contribution in [3.8, 4) is 28.3 Å². The molecule has 293 valence electrons. The number of rotatable bonds is 3. The molecule has 0 fully saturated rings. The average molecular weight is 930 g/mol. The van der Waals surface area contributed by atoms with Crippen molar-refractivity contribution >= 4 is 27.6 Å². The van der Waals surface area contributed by atoms with Gasteiger partial charge in [0, 0.05) is 49.4 Å². The fraction of sp³-hybridized carbons (Fsp3) is 0.300. The third-order valence-electron chi connectivity index (χ3n) is 11.2. The number of ether oxygens (including phenoxy) is 1. The van der Waals surface area contributed by atoms with E-state index in [1.165, 1.54) is 50.2 Å². The van der Waals surface area contributed by atoms with Gasteiger partial charge < -0.3 is 18.7 Å². The van der Waals surface area contributed by atoms with Gasteiger partial charge >= 0.3 is 0 Å². The van der Waals surface area contributed by atoms with Gasteiger partial charge in [0.1, 0.15) is 0 Å². The first kappa shape index (κ1) is 40.3. The van der Waals surface area contributed by atoms with Crippen molar-refractivity contribution in [1.82, 2.24) is 23.9 Å². The summed E-state index contributed by atoms with van der Waals surface area (Å²) >= 11 is 0. The van der Waals surface area contributed by atoms with Crippen molar-refractivity contribution < 1.29 is 24.8 Å². The zero-order chi connectivity index (χ0) is 39.9. The molecule has 1 aliphatic heterocycles. The Morgan fingerprint density at radius 2 is 1.39 bits per heavy atom. The van der Waals surface area contributed by atoms with Crippen LogP contribution in [0.3, 0.4) is 0 Å². The largest absolute Gasteiger partial charge is 0.360 e. The molecule has 0 saturated carbocycles. The van der Waals surface area contributed by atoms with Gasteiger partial charge in [-0.3, -0.25) is 9.97 Å². The number of hydrogen-bond acceptors (Lipinski definition) is 4. The van der Waals surface area contributed by atoms with Crippen molar-refractivity contribution in [1.29, 1.82) is 0 Å². The van der Waals surface area contributed by atoms with Gasteiger partial charge in [0.05, 0.1) is 33.7 Å². The molecule has 0 spiro atoms. The number of aromatic nitrogens is 5. The van der Waals surface area contributed by atoms with Crippen molar-refractivity contribution in [2.75, 3.05) is 0 Å². The van der Waals surface area contributed by atoms with E-state index in [0.29, 0.717) is 0 Å². The number of para-hydroxylation sites is 1. The summed E-state index contributed by atoms with van der Waals surface area (Å²) in [7, 11) is 0. The predicted molar refractivity (Wildman–Crippen MR) is 230 cm³/mol. The Morgan fingerprint density at radius 1 is 0.719 bits per heavy atom. The molecule has 4 aromatic carbocycles. The summed E-state index contributed by atoms with van der Waals surface area (Å²) in [6.45, 7) is 26.0. The number of fused-ring (bicyclic) bond motifs is 6. The second-order valence-corrected chi connectivity index (χ2v) is 17.5. The van der Waals surface area contributed by atoms with E-state index < -0.39 is 0 Å². The molecule has 0 amide bonds. The molecule has 57 heavy (non-hydrogen) atoms. The van der Waals surface area contributed by atoms with E-state index in [1.54, 1.807) is 0 Å². The molecule has 7 heteroatoms. The molecular formula is C50H51IrN5O-2. The van der Waals surface area contributed by atoms with E-state index in [2.05, 4.69) is 158 Å². The zero-order valence-electron chi connectivity index (χ0n) is 35.1. The number of nitrogens with zero attached hydrogens (tertiary/aromatic N) is 5. The minimum Gasteiger partial charge on any atom is -0.360 e. The third-order valence-corrected chi connectivity index (χ3v) is 11.2. The van der Waals surface area contributed by atoms with E-state index in [9.17, 15) is 0 Å². The van der Waals surface area contributed by atoms with E-state index >= 15 is 0 Å². The fourth-order valence-corrected chi connectivity index (χ4v) is 8.74. The van der Waals surface area contributed by atoms with Crippen LogP contribution >= 0.6 is 0 Å². The van der Waals surface area contributed by atoms with Crippen molar-refractivity contribution in [2.45, 2.75) is 99.7 Å². The van der Waals surface area contributed by atoms with Crippen LogP contribution in [0.2, 0.25) is 0 Å². The third kappa shape index (κ3) is 7.05. The molecule has 1 aliphatic rings. The summed E-state index contributed by atoms with van der Waals surface area (Å²) in [5.41, 5.74) is 17.4. The summed E-state index contributed by atoms with van der Waals surface area (Å²) in [6, 6.07) is 34.4. The fourth-order valence-electron chi connectivity index (χ4n) is 8.74. The van der Waals surface area contributed by atoms with Gasteiger partial charge in [0.2, 0.25) is 0 Å². The number of pyridine rings is 2. The maximum absolute atomic E-state index is 6.49. The second kappa shape index (κ2) is 14.5. The van der Waals surface area contributed by atoms with Crippen molar-refractivity contribution in [2.24, 2.45) is 0 Å². The number of benzene rings is 4. The first-order chi connectivity index (χ1) is 26.4. The van der Waals surface area contributed by atoms with E-state index in [4.69, 9.17) is 14.7 Å². The normalized spacial score (nSPS) is 14.4. The predicted octanol–water partition coefficient (Wildman–Crippen LogP) is 12.2. The molecule has 6 nitrogen and oxygen atoms in total. The van der Waals surface area contributed by atoms with Gasteiger partial charge in [0.15, 0.2) is 0 Å². The monoisotopic (exact) mass is 930 g/mol. The van der Waals surface area contributed by atoms with Crippen LogP contribution < -0.4 is 0 Å². The molecule has 8 aromatic rings. The maximum atomic E-state index is 6.49. The molecule has 0 aliphatic carbocycles. The van der Waals surface area contributed by atoms with Gasteiger partial charge in [-0.1, -0.05) is 68.1 Å². The smallest absolute Gasteiger partial charge is 0.0891 e. The molecule has 0 N–H and O–H groups in total. The maximum Gasteiger partial charge on any atom is 0.0891 e. The van der Waals surface area contributed by atoms with Crippen LogP contribution in [0.15, 0.2) is 91.3 Å². The van der Waals surface area contributed by atoms with Crippen LogP contribution in [-0.2, 0) is 41.5 Å². The summed E-state index contributed by atoms with van der Waals surface area (Å²) in [6.07, 6.45) is 3.84. The zero-order valence-corrected chi connectivity index (χ0v) is 37.5. The number of hydrogen-bond donors (Lipinski definition) is 0. The Labute approximate surface area is 350 Å². The Kier molecular flexibility index (Phi) is 10.2. The Morgan fingerprint density at radius 3 is 2.02 bits per heavy atom. The molecule has 5 heterocycles. The minimum absolute atomic E-state index is 0. The van der Waals surface area contributed by atoms with Crippen LogP contribution in [-0.4, -0.2) is 23.9 Å². The van der Waals surface area contributed by atoms with Gasteiger partial charge in [0.25, 0.3) is 0 Å². The first-order valence-electron chi connectivity index (χ1n) is 19.5. The molecule has 0 atom stereocenters. The van der Waals surface area contributed by atoms with E-state index in [0.717, 1.165) is 50.4 Å². The van der Waals surface area contributed by atoms with Crippen molar-refractivity contribution in [3.63, 3.8) is 0 Å². The SMILES string of the molecule is Cc1cc(C)c(-c2cc3nc(C(C)(C)C)c[c-]c3c3nc4cc5c(cc4n23)C(C)(C)OC5(C)C)c(C)c1.Cc1cccc(C)c1-n1ccnc1-c1[c-]cccc1.[Ir]. The summed E-state index contributed by atoms with van der Waals surface area (Å²) in [4.78, 5) is 14.8. The Bertz CT molecular complexity index is 2780. The minimum atomic E-state index is -0.376. The second-order valence-electron chi connectivity index (χ2n) is 17.5. The van der Waals surface area contributed by atoms with E-state index in [-0.39, 0.29) is 36.7 Å². The van der Waals surface area contributed by atoms with Gasteiger partial charge in [-0.2, -0.15) is 0 Å². The summed E-state index contributed by atoms with van der Waals surface area (Å²) in [5.74, 6) is 0.929. The molecule has 9 rings (SSSR count). The van der Waals surface area contributed by atoms with Crippen LogP contribution in [0.1, 0.15) is 93.1 Å². The van der Waals surface area contributed by atoms with Crippen LogP contribution in [0.4, 0.5) is 0 Å². The number of aryl methyl sites for hydroxylation is 5. The molecule has 4 aromatic heterocycles. The molecule has 0 saturated heterocycles. The molecular weight excluding hydrogens is 879 g/mol. The quantitative estimate of drug-likeness (QED) is 0.166. The standard InChI is InChI=1S/C33H36N3O.C17H15N2.Ir/c1-18-13-19(2)29(20(3)14-18)27-17-24-21(11-12-28(34-24)31(4,5)6)30-35-25-15-22-23(16-26(25)36(27)30)33(9,10)37-32(22,7)8;1-13-7-6-8-14(2)16(13)19-12-11-18-17(19)15-9-4-3-5-10-15;/h12-17H,1-10H3;3-9,11-12H,1-2H3;/q2*-1;. The molecule has 0 unspecified atom stereocenters. The average Bonchev–Trinajstić information content (AvgIpc) is 3.80. The van der Waals surface area contributed by atoms with Crippen LogP contribution in [0.25, 0.3) is 55.9 Å². The molecule has 0 bridgehead atoms. The van der Waals surface area contributed by atoms with Crippen molar-refractivity contribution in [3.05, 3.63) is 148 Å². The van der Waals surface area contributed by atoms with E-state index in [1.807, 2.05) is 42.7 Å². The molecule has 1 radical (unpaired) electrons. The summed E-state index contributed by atoms with van der Waals surface area (Å²) < 4.78 is 10.9. The van der Waals surface area contributed by atoms with Gasteiger partial charge in [-0.05, 0) is 124 Å². The Balaban J connectivity index is 0.000000209. The van der Waals surface area contributed by atoms with Crippen LogP contribution in [0.5, 0.6) is 0 Å². The van der Waals surface area contributed by atoms with Gasteiger partial charge in [-0.15, -0.1) is 48.0 Å². The summed E-state index contributed by atoms with van der Waals surface area (Å²) in [5, 5.41) is 0.949. The number of imidazole rings is 2. The first-order valence-corrected chi connectivity index (χ1v) is 19.5. The topological polar surface area (TPSA) is 57.2 Å². The van der Waals surface area contributed by atoms with Crippen LogP contribution in [0, 0.1) is 46.8 Å².